The standard InChI is InChI=1S/C13H15ClN4O/c14-10-6-4-9(5-7-10)2-1-3-12-16-13(18-17-12)8-11(15)19/h4-7H,1-3,8H2,(H2,15,19)(H,16,17,18). The molecule has 3 N–H and O–H groups in total. The minimum Gasteiger partial charge on any atom is -0.369 e. The zero-order valence-corrected chi connectivity index (χ0v) is 11.2. The zero-order valence-electron chi connectivity index (χ0n) is 10.4. The Morgan fingerprint density at radius 3 is 2.68 bits per heavy atom. The topological polar surface area (TPSA) is 84.7 Å². The van der Waals surface area contributed by atoms with Crippen LogP contribution >= 0.6 is 11.6 Å². The predicted molar refractivity (Wildman–Crippen MR) is 72.8 cm³/mol. The van der Waals surface area contributed by atoms with Gasteiger partial charge in [0, 0.05) is 11.4 Å². The van der Waals surface area contributed by atoms with Crippen LogP contribution in [-0.4, -0.2) is 21.1 Å². The number of carbonyl (C=O) groups is 1. The van der Waals surface area contributed by atoms with Crippen LogP contribution in [0, 0.1) is 0 Å². The minimum atomic E-state index is -0.413. The quantitative estimate of drug-likeness (QED) is 0.843. The Kier molecular flexibility index (Phi) is 4.52. The molecular formula is C13H15ClN4O. The van der Waals surface area contributed by atoms with E-state index in [0.717, 1.165) is 24.3 Å². The van der Waals surface area contributed by atoms with E-state index in [-0.39, 0.29) is 6.42 Å². The first kappa shape index (κ1) is 13.5. The fourth-order valence-corrected chi connectivity index (χ4v) is 1.92. The van der Waals surface area contributed by atoms with Crippen LogP contribution < -0.4 is 5.73 Å². The van der Waals surface area contributed by atoms with Gasteiger partial charge in [-0.15, -0.1) is 0 Å². The zero-order chi connectivity index (χ0) is 13.7. The minimum absolute atomic E-state index is 0.101. The normalized spacial score (nSPS) is 10.6. The van der Waals surface area contributed by atoms with Gasteiger partial charge in [-0.3, -0.25) is 9.89 Å². The molecule has 2 aromatic rings. The van der Waals surface area contributed by atoms with E-state index in [1.165, 1.54) is 5.56 Å². The third-order valence-corrected chi connectivity index (χ3v) is 2.95. The lowest BCUT2D eigenvalue weighted by Gasteiger charge is -1.99. The second-order valence-corrected chi connectivity index (χ2v) is 4.76. The van der Waals surface area contributed by atoms with Crippen molar-refractivity contribution < 1.29 is 4.79 Å². The van der Waals surface area contributed by atoms with E-state index in [1.807, 2.05) is 24.3 Å². The molecule has 5 nitrogen and oxygen atoms in total. The van der Waals surface area contributed by atoms with E-state index in [0.29, 0.717) is 11.6 Å². The fraction of sp³-hybridized carbons (Fsp3) is 0.308. The third kappa shape index (κ3) is 4.37. The van der Waals surface area contributed by atoms with Crippen LogP contribution in [0.4, 0.5) is 0 Å². The van der Waals surface area contributed by atoms with E-state index in [2.05, 4.69) is 15.2 Å². The number of aromatic amines is 1. The molecule has 6 heteroatoms. The third-order valence-electron chi connectivity index (χ3n) is 2.70. The Morgan fingerprint density at radius 2 is 2.00 bits per heavy atom. The number of hydrogen-bond acceptors (Lipinski definition) is 3. The number of aromatic nitrogens is 3. The van der Waals surface area contributed by atoms with Crippen molar-refractivity contribution in [2.24, 2.45) is 5.73 Å². The van der Waals surface area contributed by atoms with Gasteiger partial charge in [0.05, 0.1) is 6.42 Å². The number of amides is 1. The van der Waals surface area contributed by atoms with Crippen molar-refractivity contribution >= 4 is 17.5 Å². The highest BCUT2D eigenvalue weighted by Crippen LogP contribution is 2.11. The maximum Gasteiger partial charge on any atom is 0.225 e. The van der Waals surface area contributed by atoms with E-state index in [1.54, 1.807) is 0 Å². The number of aryl methyl sites for hydroxylation is 2. The summed E-state index contributed by atoms with van der Waals surface area (Å²) in [7, 11) is 0. The van der Waals surface area contributed by atoms with Crippen LogP contribution in [0.25, 0.3) is 0 Å². The average molecular weight is 279 g/mol. The number of hydrogen-bond donors (Lipinski definition) is 2. The summed E-state index contributed by atoms with van der Waals surface area (Å²) in [4.78, 5) is 14.9. The van der Waals surface area contributed by atoms with Crippen LogP contribution in [-0.2, 0) is 24.1 Å². The number of nitrogens with two attached hydrogens (primary N) is 1. The molecular weight excluding hydrogens is 264 g/mol. The maximum absolute atomic E-state index is 10.7. The molecule has 0 aliphatic carbocycles. The van der Waals surface area contributed by atoms with Gasteiger partial charge in [-0.25, -0.2) is 4.98 Å². The molecule has 0 spiro atoms. The Labute approximate surface area is 116 Å². The molecule has 0 radical (unpaired) electrons. The number of nitrogens with zero attached hydrogens (tertiary/aromatic N) is 2. The molecule has 0 aliphatic rings. The molecule has 0 atom stereocenters. The van der Waals surface area contributed by atoms with E-state index >= 15 is 0 Å². The van der Waals surface area contributed by atoms with Crippen molar-refractivity contribution in [3.05, 3.63) is 46.5 Å². The molecule has 0 saturated carbocycles. The number of carbonyl (C=O) groups excluding carboxylic acids is 1. The molecule has 1 aromatic carbocycles. The Hall–Kier alpha value is -1.88. The van der Waals surface area contributed by atoms with Crippen LogP contribution in [0.3, 0.4) is 0 Å². The van der Waals surface area contributed by atoms with Crippen molar-refractivity contribution in [3.63, 3.8) is 0 Å². The SMILES string of the molecule is NC(=O)Cc1nc(CCCc2ccc(Cl)cc2)n[nH]1. The van der Waals surface area contributed by atoms with E-state index < -0.39 is 5.91 Å². The lowest BCUT2D eigenvalue weighted by Crippen LogP contribution is -2.14. The summed E-state index contributed by atoms with van der Waals surface area (Å²) in [6.07, 6.45) is 2.74. The van der Waals surface area contributed by atoms with E-state index in [9.17, 15) is 4.79 Å². The van der Waals surface area contributed by atoms with Gasteiger partial charge in [0.15, 0.2) is 5.82 Å². The van der Waals surface area contributed by atoms with Gasteiger partial charge in [0.1, 0.15) is 5.82 Å². The lowest BCUT2D eigenvalue weighted by molar-refractivity contribution is -0.117. The largest absolute Gasteiger partial charge is 0.369 e. The maximum atomic E-state index is 10.7. The van der Waals surface area contributed by atoms with Gasteiger partial charge >= 0.3 is 0 Å². The molecule has 1 heterocycles. The van der Waals surface area contributed by atoms with Gasteiger partial charge in [0.25, 0.3) is 0 Å². The van der Waals surface area contributed by atoms with Gasteiger partial charge < -0.3 is 5.73 Å². The molecule has 100 valence electrons. The fourth-order valence-electron chi connectivity index (χ4n) is 1.79. The van der Waals surface area contributed by atoms with Gasteiger partial charge in [-0.05, 0) is 30.5 Å². The van der Waals surface area contributed by atoms with E-state index in [4.69, 9.17) is 17.3 Å². The lowest BCUT2D eigenvalue weighted by atomic mass is 10.1. The summed E-state index contributed by atoms with van der Waals surface area (Å²) in [6.45, 7) is 0. The van der Waals surface area contributed by atoms with Gasteiger partial charge in [0.2, 0.25) is 5.91 Å². The molecule has 1 amide bonds. The highest BCUT2D eigenvalue weighted by atomic mass is 35.5. The monoisotopic (exact) mass is 278 g/mol. The Morgan fingerprint density at radius 1 is 1.26 bits per heavy atom. The molecule has 2 rings (SSSR count). The second kappa shape index (κ2) is 6.33. The summed E-state index contributed by atoms with van der Waals surface area (Å²) >= 11 is 5.82. The molecule has 0 unspecified atom stereocenters. The first-order chi connectivity index (χ1) is 9.13. The molecule has 0 fully saturated rings. The first-order valence-electron chi connectivity index (χ1n) is 6.06. The highest BCUT2D eigenvalue weighted by molar-refractivity contribution is 6.30. The number of rotatable bonds is 6. The summed E-state index contributed by atoms with van der Waals surface area (Å²) in [5, 5.41) is 7.51. The molecule has 0 saturated heterocycles. The second-order valence-electron chi connectivity index (χ2n) is 4.32. The number of benzene rings is 1. The van der Waals surface area contributed by atoms with Crippen molar-refractivity contribution in [1.82, 2.24) is 15.2 Å². The average Bonchev–Trinajstić information content (AvgIpc) is 2.78. The summed E-state index contributed by atoms with van der Waals surface area (Å²) in [5.41, 5.74) is 6.32. The smallest absolute Gasteiger partial charge is 0.225 e. The molecule has 0 aliphatic heterocycles. The summed E-state index contributed by atoms with van der Waals surface area (Å²) in [5.74, 6) is 0.822. The highest BCUT2D eigenvalue weighted by Gasteiger charge is 2.05. The van der Waals surface area contributed by atoms with Crippen molar-refractivity contribution in [1.29, 1.82) is 0 Å². The van der Waals surface area contributed by atoms with Crippen LogP contribution in [0.5, 0.6) is 0 Å². The summed E-state index contributed by atoms with van der Waals surface area (Å²) < 4.78 is 0. The first-order valence-corrected chi connectivity index (χ1v) is 6.44. The molecule has 1 aromatic heterocycles. The van der Waals surface area contributed by atoms with Crippen molar-refractivity contribution in [2.75, 3.05) is 0 Å². The van der Waals surface area contributed by atoms with Crippen LogP contribution in [0.1, 0.15) is 23.6 Å². The summed E-state index contributed by atoms with van der Waals surface area (Å²) in [6, 6.07) is 7.79. The van der Waals surface area contributed by atoms with Crippen molar-refractivity contribution in [3.8, 4) is 0 Å². The van der Waals surface area contributed by atoms with Crippen LogP contribution in [0.15, 0.2) is 24.3 Å². The Balaban J connectivity index is 1.80. The van der Waals surface area contributed by atoms with Gasteiger partial charge in [-0.1, -0.05) is 23.7 Å². The number of nitrogens with one attached hydrogen (secondary N) is 1. The number of halogens is 1. The number of H-pyrrole nitrogens is 1. The van der Waals surface area contributed by atoms with Gasteiger partial charge in [-0.2, -0.15) is 5.10 Å². The van der Waals surface area contributed by atoms with Crippen LogP contribution in [0.2, 0.25) is 5.02 Å². The van der Waals surface area contributed by atoms with Crippen molar-refractivity contribution in [2.45, 2.75) is 25.7 Å². The Bertz CT molecular complexity index is 550. The predicted octanol–water partition coefficient (Wildman–Crippen LogP) is 1.66. The molecule has 19 heavy (non-hydrogen) atoms. The molecule has 0 bridgehead atoms. The number of primary amides is 1.